The van der Waals surface area contributed by atoms with Gasteiger partial charge in [-0.15, -0.1) is 0 Å². The molecule has 1 aliphatic heterocycles. The Hall–Kier alpha value is -2.24. The molecule has 132 valence electrons. The van der Waals surface area contributed by atoms with Gasteiger partial charge in [0.25, 0.3) is 5.91 Å². The van der Waals surface area contributed by atoms with Gasteiger partial charge in [-0.25, -0.2) is 0 Å². The van der Waals surface area contributed by atoms with Gasteiger partial charge in [0.1, 0.15) is 18.1 Å². The lowest BCUT2D eigenvalue weighted by Crippen LogP contribution is -2.41. The molecule has 1 amide bonds. The predicted octanol–water partition coefficient (Wildman–Crippen LogP) is 3.55. The third kappa shape index (κ3) is 4.06. The van der Waals surface area contributed by atoms with Crippen LogP contribution in [0.25, 0.3) is 0 Å². The topological polar surface area (TPSA) is 64.8 Å². The summed E-state index contributed by atoms with van der Waals surface area (Å²) in [5, 5.41) is 0.657. The van der Waals surface area contributed by atoms with Crippen LogP contribution in [-0.4, -0.2) is 25.7 Å². The molecule has 1 atom stereocenters. The summed E-state index contributed by atoms with van der Waals surface area (Å²) in [4.78, 5) is 14.0. The highest BCUT2D eigenvalue weighted by Gasteiger charge is 2.26. The zero-order valence-corrected chi connectivity index (χ0v) is 14.8. The van der Waals surface area contributed by atoms with Crippen molar-refractivity contribution < 1.29 is 14.3 Å². The van der Waals surface area contributed by atoms with Crippen LogP contribution in [0.4, 0.5) is 5.69 Å². The number of ether oxygens (including phenoxy) is 2. The van der Waals surface area contributed by atoms with Gasteiger partial charge in [0.2, 0.25) is 0 Å². The molecular formula is C19H21ClN2O3. The van der Waals surface area contributed by atoms with Gasteiger partial charge in [-0.3, -0.25) is 4.79 Å². The lowest BCUT2D eigenvalue weighted by molar-refractivity contribution is -0.121. The zero-order chi connectivity index (χ0) is 17.8. The molecule has 0 saturated carbocycles. The Bertz CT molecular complexity index is 749. The van der Waals surface area contributed by atoms with Crippen LogP contribution in [0.5, 0.6) is 11.5 Å². The third-order valence-electron chi connectivity index (χ3n) is 4.19. The highest BCUT2D eigenvalue weighted by atomic mass is 35.5. The van der Waals surface area contributed by atoms with Crippen LogP contribution in [-0.2, 0) is 4.79 Å². The standard InChI is InChI=1S/C19H21ClN2O3/c1-2-16(21)13-3-8-18-17(11-13)22(19(23)12-25-18)9-10-24-15-6-4-14(20)5-7-15/h3-8,11,16H,2,9-10,12,21H2,1H3. The summed E-state index contributed by atoms with van der Waals surface area (Å²) in [5.74, 6) is 1.32. The molecule has 2 aromatic carbocycles. The molecule has 5 nitrogen and oxygen atoms in total. The second kappa shape index (κ2) is 7.76. The van der Waals surface area contributed by atoms with E-state index in [1.165, 1.54) is 0 Å². The van der Waals surface area contributed by atoms with E-state index in [2.05, 4.69) is 0 Å². The van der Waals surface area contributed by atoms with Crippen molar-refractivity contribution in [3.63, 3.8) is 0 Å². The molecule has 1 unspecified atom stereocenters. The molecule has 0 fully saturated rings. The number of benzene rings is 2. The fraction of sp³-hybridized carbons (Fsp3) is 0.316. The van der Waals surface area contributed by atoms with Gasteiger partial charge in [-0.1, -0.05) is 24.6 Å². The second-order valence-corrected chi connectivity index (χ2v) is 6.31. The van der Waals surface area contributed by atoms with Crippen LogP contribution in [0, 0.1) is 0 Å². The van der Waals surface area contributed by atoms with Crippen molar-refractivity contribution in [1.82, 2.24) is 0 Å². The van der Waals surface area contributed by atoms with Gasteiger partial charge < -0.3 is 20.1 Å². The molecule has 2 aromatic rings. The number of anilines is 1. The van der Waals surface area contributed by atoms with Crippen LogP contribution in [0.2, 0.25) is 5.02 Å². The second-order valence-electron chi connectivity index (χ2n) is 5.88. The van der Waals surface area contributed by atoms with E-state index in [-0.39, 0.29) is 18.6 Å². The molecular weight excluding hydrogens is 340 g/mol. The molecule has 0 spiro atoms. The number of halogens is 1. The van der Waals surface area contributed by atoms with Gasteiger partial charge in [0.15, 0.2) is 6.61 Å². The Morgan fingerprint density at radius 1 is 1.28 bits per heavy atom. The molecule has 1 heterocycles. The molecule has 0 radical (unpaired) electrons. The highest BCUT2D eigenvalue weighted by molar-refractivity contribution is 6.30. The minimum Gasteiger partial charge on any atom is -0.492 e. The van der Waals surface area contributed by atoms with E-state index in [4.69, 9.17) is 26.8 Å². The molecule has 0 bridgehead atoms. The largest absolute Gasteiger partial charge is 0.492 e. The van der Waals surface area contributed by atoms with E-state index in [1.807, 2.05) is 25.1 Å². The molecule has 1 aliphatic rings. The lowest BCUT2D eigenvalue weighted by Gasteiger charge is -2.30. The molecule has 0 aliphatic carbocycles. The molecule has 6 heteroatoms. The number of carbonyl (C=O) groups excluding carboxylic acids is 1. The van der Waals surface area contributed by atoms with Gasteiger partial charge in [0.05, 0.1) is 12.2 Å². The zero-order valence-electron chi connectivity index (χ0n) is 14.1. The van der Waals surface area contributed by atoms with Gasteiger partial charge in [-0.05, 0) is 48.4 Å². The fourth-order valence-electron chi connectivity index (χ4n) is 2.72. The van der Waals surface area contributed by atoms with Crippen LogP contribution < -0.4 is 20.1 Å². The third-order valence-corrected chi connectivity index (χ3v) is 4.44. The smallest absolute Gasteiger partial charge is 0.265 e. The van der Waals surface area contributed by atoms with Crippen LogP contribution in [0.15, 0.2) is 42.5 Å². The number of fused-ring (bicyclic) bond motifs is 1. The molecule has 25 heavy (non-hydrogen) atoms. The van der Waals surface area contributed by atoms with E-state index in [1.54, 1.807) is 29.2 Å². The Morgan fingerprint density at radius 3 is 2.76 bits per heavy atom. The SMILES string of the molecule is CCC(N)c1ccc2c(c1)N(CCOc1ccc(Cl)cc1)C(=O)CO2. The number of hydrogen-bond donors (Lipinski definition) is 1. The van der Waals surface area contributed by atoms with E-state index in [0.717, 1.165) is 17.7 Å². The Labute approximate surface area is 152 Å². The van der Waals surface area contributed by atoms with Crippen molar-refractivity contribution in [2.24, 2.45) is 5.73 Å². The van der Waals surface area contributed by atoms with Crippen LogP contribution in [0.3, 0.4) is 0 Å². The minimum atomic E-state index is -0.0885. The summed E-state index contributed by atoms with van der Waals surface area (Å²) in [6.07, 6.45) is 0.827. The number of nitrogens with two attached hydrogens (primary N) is 1. The number of rotatable bonds is 6. The van der Waals surface area contributed by atoms with E-state index < -0.39 is 0 Å². The first kappa shape index (κ1) is 17.6. The predicted molar refractivity (Wildman–Crippen MR) is 98.5 cm³/mol. The summed E-state index contributed by atoms with van der Waals surface area (Å²) in [6.45, 7) is 2.87. The summed E-state index contributed by atoms with van der Waals surface area (Å²) in [7, 11) is 0. The Kier molecular flexibility index (Phi) is 5.46. The Balaban J connectivity index is 1.72. The first-order valence-corrected chi connectivity index (χ1v) is 8.67. The van der Waals surface area contributed by atoms with Crippen molar-refractivity contribution in [2.75, 3.05) is 24.7 Å². The lowest BCUT2D eigenvalue weighted by atomic mass is 10.0. The summed E-state index contributed by atoms with van der Waals surface area (Å²) in [6, 6.07) is 12.8. The number of nitrogens with zero attached hydrogens (tertiary/aromatic N) is 1. The van der Waals surface area contributed by atoms with Crippen molar-refractivity contribution in [2.45, 2.75) is 19.4 Å². The number of carbonyl (C=O) groups is 1. The maximum Gasteiger partial charge on any atom is 0.265 e. The monoisotopic (exact) mass is 360 g/mol. The average molecular weight is 361 g/mol. The fourth-order valence-corrected chi connectivity index (χ4v) is 2.84. The first-order valence-electron chi connectivity index (χ1n) is 8.29. The molecule has 2 N–H and O–H groups in total. The summed E-state index contributed by atoms with van der Waals surface area (Å²) < 4.78 is 11.2. The van der Waals surface area contributed by atoms with E-state index in [9.17, 15) is 4.79 Å². The maximum absolute atomic E-state index is 12.3. The minimum absolute atomic E-state index is 0.0348. The number of hydrogen-bond acceptors (Lipinski definition) is 4. The van der Waals surface area contributed by atoms with Crippen LogP contribution >= 0.6 is 11.6 Å². The van der Waals surface area contributed by atoms with E-state index >= 15 is 0 Å². The van der Waals surface area contributed by atoms with Crippen molar-refractivity contribution in [3.05, 3.63) is 53.1 Å². The normalized spacial score (nSPS) is 14.7. The summed E-state index contributed by atoms with van der Waals surface area (Å²) in [5.41, 5.74) is 7.85. The maximum atomic E-state index is 12.3. The average Bonchev–Trinajstić information content (AvgIpc) is 2.64. The Morgan fingerprint density at radius 2 is 2.04 bits per heavy atom. The van der Waals surface area contributed by atoms with Crippen molar-refractivity contribution in [3.8, 4) is 11.5 Å². The molecule has 3 rings (SSSR count). The van der Waals surface area contributed by atoms with E-state index in [0.29, 0.717) is 29.7 Å². The van der Waals surface area contributed by atoms with Crippen LogP contribution in [0.1, 0.15) is 24.9 Å². The quantitative estimate of drug-likeness (QED) is 0.855. The summed E-state index contributed by atoms with van der Waals surface area (Å²) >= 11 is 5.86. The first-order chi connectivity index (χ1) is 12.1. The van der Waals surface area contributed by atoms with Gasteiger partial charge in [-0.2, -0.15) is 0 Å². The molecule has 0 saturated heterocycles. The van der Waals surface area contributed by atoms with Crippen molar-refractivity contribution >= 4 is 23.2 Å². The van der Waals surface area contributed by atoms with Gasteiger partial charge in [0, 0.05) is 11.1 Å². The highest BCUT2D eigenvalue weighted by Crippen LogP contribution is 2.34. The molecule has 0 aromatic heterocycles. The van der Waals surface area contributed by atoms with Gasteiger partial charge >= 0.3 is 0 Å². The number of amides is 1. The van der Waals surface area contributed by atoms with Crippen molar-refractivity contribution in [1.29, 1.82) is 0 Å².